The lowest BCUT2D eigenvalue weighted by Crippen LogP contribution is -2.19. The molecule has 3 N–H and O–H groups in total. The molecule has 0 heterocycles. The minimum atomic E-state index is -4.44. The van der Waals surface area contributed by atoms with Gasteiger partial charge < -0.3 is 4.74 Å². The largest absolute Gasteiger partial charge is 0.494 e. The highest BCUT2D eigenvalue weighted by Crippen LogP contribution is 2.33. The van der Waals surface area contributed by atoms with E-state index in [-0.39, 0.29) is 15.8 Å². The van der Waals surface area contributed by atoms with Crippen LogP contribution in [-0.2, 0) is 20.0 Å². The smallest absolute Gasteiger partial charge is 0.263 e. The maximum Gasteiger partial charge on any atom is 0.263 e. The van der Waals surface area contributed by atoms with E-state index < -0.39 is 41.3 Å². The number of hydrogen-bond acceptors (Lipinski definition) is 5. The molecule has 0 spiro atoms. The number of benzene rings is 2. The average Bonchev–Trinajstić information content (AvgIpc) is 2.49. The standard InChI is InChI=1S/C13H11Cl2FN2O5S2/c1-23-10-6-9(12(5-8(10)16)24(17,19)20)18-25(21,22)11-4-2-3-7(14)13(11)15/h2-6,18H,1H3,(H2,17,19,20). The number of sulfonamides is 2. The molecule has 0 saturated carbocycles. The highest BCUT2D eigenvalue weighted by Gasteiger charge is 2.25. The summed E-state index contributed by atoms with van der Waals surface area (Å²) in [5, 5.41) is 4.73. The molecule has 7 nitrogen and oxygen atoms in total. The number of anilines is 1. The Balaban J connectivity index is 2.64. The van der Waals surface area contributed by atoms with E-state index in [1.807, 2.05) is 4.72 Å². The molecule has 0 aliphatic heterocycles. The van der Waals surface area contributed by atoms with E-state index in [0.29, 0.717) is 6.07 Å². The highest BCUT2D eigenvalue weighted by atomic mass is 35.5. The van der Waals surface area contributed by atoms with Gasteiger partial charge in [0.15, 0.2) is 11.6 Å². The van der Waals surface area contributed by atoms with Crippen LogP contribution in [0.2, 0.25) is 10.0 Å². The second-order valence-corrected chi connectivity index (χ2v) is 8.65. The summed E-state index contributed by atoms with van der Waals surface area (Å²) in [5.74, 6) is -1.42. The van der Waals surface area contributed by atoms with Crippen molar-refractivity contribution in [2.75, 3.05) is 11.8 Å². The first-order valence-corrected chi connectivity index (χ1v) is 10.1. The normalized spacial score (nSPS) is 12.0. The van der Waals surface area contributed by atoms with Crippen molar-refractivity contribution in [3.63, 3.8) is 0 Å². The first-order valence-electron chi connectivity index (χ1n) is 6.34. The molecule has 0 bridgehead atoms. The number of nitrogens with two attached hydrogens (primary N) is 1. The van der Waals surface area contributed by atoms with Crippen molar-refractivity contribution in [2.24, 2.45) is 5.14 Å². The van der Waals surface area contributed by atoms with Gasteiger partial charge in [0.05, 0.1) is 22.8 Å². The fourth-order valence-electron chi connectivity index (χ4n) is 1.90. The van der Waals surface area contributed by atoms with Gasteiger partial charge in [0, 0.05) is 6.07 Å². The number of halogens is 3. The Bertz CT molecular complexity index is 1040. The second kappa shape index (κ2) is 6.96. The van der Waals surface area contributed by atoms with E-state index in [0.717, 1.165) is 19.2 Å². The third-order valence-corrected chi connectivity index (χ3v) is 6.30. The summed E-state index contributed by atoms with van der Waals surface area (Å²) < 4.78 is 68.8. The third-order valence-electron chi connectivity index (χ3n) is 3.01. The Morgan fingerprint density at radius 2 is 1.76 bits per heavy atom. The van der Waals surface area contributed by atoms with Gasteiger partial charge in [0.25, 0.3) is 10.0 Å². The van der Waals surface area contributed by atoms with Gasteiger partial charge in [0.1, 0.15) is 9.79 Å². The Kier molecular flexibility index (Phi) is 5.50. The molecule has 0 aliphatic rings. The maximum absolute atomic E-state index is 13.8. The second-order valence-electron chi connectivity index (χ2n) is 4.69. The zero-order valence-corrected chi connectivity index (χ0v) is 15.6. The molecule has 0 unspecified atom stereocenters. The zero-order valence-electron chi connectivity index (χ0n) is 12.5. The minimum Gasteiger partial charge on any atom is -0.494 e. The van der Waals surface area contributed by atoms with Gasteiger partial charge >= 0.3 is 0 Å². The Morgan fingerprint density at radius 3 is 2.32 bits per heavy atom. The molecule has 0 atom stereocenters. The number of ether oxygens (including phenoxy) is 1. The van der Waals surface area contributed by atoms with Crippen molar-refractivity contribution in [2.45, 2.75) is 9.79 Å². The Morgan fingerprint density at radius 1 is 1.12 bits per heavy atom. The van der Waals surface area contributed by atoms with Crippen LogP contribution in [-0.4, -0.2) is 23.9 Å². The molecule has 0 fully saturated rings. The first-order chi connectivity index (χ1) is 11.5. The lowest BCUT2D eigenvalue weighted by atomic mass is 10.3. The summed E-state index contributed by atoms with van der Waals surface area (Å²) in [6, 6.07) is 5.28. The molecule has 136 valence electrons. The van der Waals surface area contributed by atoms with Crippen molar-refractivity contribution in [3.05, 3.63) is 46.2 Å². The van der Waals surface area contributed by atoms with E-state index in [9.17, 15) is 21.2 Å². The van der Waals surface area contributed by atoms with Crippen molar-refractivity contribution in [1.29, 1.82) is 0 Å². The van der Waals surface area contributed by atoms with E-state index in [1.54, 1.807) is 0 Å². The van der Waals surface area contributed by atoms with E-state index in [4.69, 9.17) is 33.1 Å². The van der Waals surface area contributed by atoms with Crippen molar-refractivity contribution in [3.8, 4) is 5.75 Å². The summed E-state index contributed by atoms with van der Waals surface area (Å²) in [6.07, 6.45) is 0. The highest BCUT2D eigenvalue weighted by molar-refractivity contribution is 7.93. The molecule has 0 aliphatic carbocycles. The fraction of sp³-hybridized carbons (Fsp3) is 0.0769. The summed E-state index contributed by atoms with van der Waals surface area (Å²) in [6.45, 7) is 0. The molecule has 12 heteroatoms. The molecular weight excluding hydrogens is 418 g/mol. The van der Waals surface area contributed by atoms with Gasteiger partial charge in [-0.25, -0.2) is 26.4 Å². The van der Waals surface area contributed by atoms with Gasteiger partial charge in [-0.05, 0) is 18.2 Å². The van der Waals surface area contributed by atoms with E-state index in [2.05, 4.69) is 0 Å². The van der Waals surface area contributed by atoms with E-state index >= 15 is 0 Å². The van der Waals surface area contributed by atoms with Gasteiger partial charge in [-0.15, -0.1) is 0 Å². The lowest BCUT2D eigenvalue weighted by Gasteiger charge is -2.14. The molecule has 25 heavy (non-hydrogen) atoms. The molecule has 0 radical (unpaired) electrons. The maximum atomic E-state index is 13.8. The van der Waals surface area contributed by atoms with Crippen LogP contribution in [0.1, 0.15) is 0 Å². The molecule has 2 aromatic rings. The number of hydrogen-bond donors (Lipinski definition) is 2. The number of primary sulfonamides is 1. The van der Waals surface area contributed by atoms with Crippen LogP contribution in [0.5, 0.6) is 5.75 Å². The number of methoxy groups -OCH3 is 1. The van der Waals surface area contributed by atoms with Gasteiger partial charge in [-0.2, -0.15) is 0 Å². The Hall–Kier alpha value is -1.59. The van der Waals surface area contributed by atoms with Gasteiger partial charge in [-0.1, -0.05) is 29.3 Å². The van der Waals surface area contributed by atoms with Crippen LogP contribution >= 0.6 is 23.2 Å². The lowest BCUT2D eigenvalue weighted by molar-refractivity contribution is 0.386. The molecule has 0 saturated heterocycles. The van der Waals surface area contributed by atoms with E-state index in [1.165, 1.54) is 12.1 Å². The molecule has 0 amide bonds. The summed E-state index contributed by atoms with van der Waals surface area (Å²) in [4.78, 5) is -1.17. The topological polar surface area (TPSA) is 116 Å². The van der Waals surface area contributed by atoms with Crippen molar-refractivity contribution in [1.82, 2.24) is 0 Å². The van der Waals surface area contributed by atoms with Crippen LogP contribution < -0.4 is 14.6 Å². The fourth-order valence-corrected chi connectivity index (χ4v) is 4.48. The van der Waals surface area contributed by atoms with Gasteiger partial charge in [-0.3, -0.25) is 4.72 Å². The molecule has 2 aromatic carbocycles. The summed E-state index contributed by atoms with van der Waals surface area (Å²) in [7, 11) is -7.66. The van der Waals surface area contributed by atoms with Crippen LogP contribution in [0.3, 0.4) is 0 Å². The minimum absolute atomic E-state index is 0.0205. The van der Waals surface area contributed by atoms with Crippen LogP contribution in [0, 0.1) is 5.82 Å². The predicted molar refractivity (Wildman–Crippen MR) is 91.6 cm³/mol. The third kappa shape index (κ3) is 4.15. The van der Waals surface area contributed by atoms with Crippen LogP contribution in [0.25, 0.3) is 0 Å². The molecule has 0 aromatic heterocycles. The monoisotopic (exact) mass is 428 g/mol. The zero-order chi connectivity index (χ0) is 19.0. The molecule has 2 rings (SSSR count). The quantitative estimate of drug-likeness (QED) is 0.758. The SMILES string of the molecule is COc1cc(NS(=O)(=O)c2cccc(Cl)c2Cl)c(S(N)(=O)=O)cc1F. The number of nitrogens with one attached hydrogen (secondary N) is 1. The van der Waals surface area contributed by atoms with Crippen LogP contribution in [0.4, 0.5) is 10.1 Å². The average molecular weight is 429 g/mol. The Labute approximate surface area is 153 Å². The van der Waals surface area contributed by atoms with Crippen molar-refractivity contribution >= 4 is 48.9 Å². The van der Waals surface area contributed by atoms with Gasteiger partial charge in [0.2, 0.25) is 10.0 Å². The predicted octanol–water partition coefficient (Wildman–Crippen LogP) is 2.59. The summed E-state index contributed by atoms with van der Waals surface area (Å²) in [5.41, 5.74) is -0.503. The van der Waals surface area contributed by atoms with Crippen molar-refractivity contribution < 1.29 is 26.0 Å². The first kappa shape index (κ1) is 19.7. The van der Waals surface area contributed by atoms with Crippen LogP contribution in [0.15, 0.2) is 40.1 Å². The number of rotatable bonds is 5. The summed E-state index contributed by atoms with van der Waals surface area (Å²) >= 11 is 11.7. The molecular formula is C13H11Cl2FN2O5S2.